The molecule has 0 aliphatic carbocycles. The van der Waals surface area contributed by atoms with E-state index < -0.39 is 0 Å². The molecule has 0 saturated carbocycles. The van der Waals surface area contributed by atoms with E-state index in [1.54, 1.807) is 20.3 Å². The van der Waals surface area contributed by atoms with E-state index in [1.165, 1.54) is 17.3 Å². The average Bonchev–Trinajstić information content (AvgIpc) is 2.63. The highest BCUT2D eigenvalue weighted by molar-refractivity contribution is 7.99. The Morgan fingerprint density at radius 3 is 2.54 bits per heavy atom. The smallest absolute Gasteiger partial charge is 0.233 e. The zero-order chi connectivity index (χ0) is 18.7. The summed E-state index contributed by atoms with van der Waals surface area (Å²) in [5, 5.41) is 0.527. The van der Waals surface area contributed by atoms with Crippen molar-refractivity contribution in [2.24, 2.45) is 0 Å². The lowest BCUT2D eigenvalue weighted by atomic mass is 9.99. The van der Waals surface area contributed by atoms with Crippen molar-refractivity contribution in [3.63, 3.8) is 0 Å². The van der Waals surface area contributed by atoms with Gasteiger partial charge in [0.2, 0.25) is 5.91 Å². The number of hydrogen-bond donors (Lipinski definition) is 1. The summed E-state index contributed by atoms with van der Waals surface area (Å²) in [5.74, 6) is 2.15. The molecule has 2 heterocycles. The highest BCUT2D eigenvalue weighted by atomic mass is 32.2. The first-order valence-electron chi connectivity index (χ1n) is 8.25. The number of fused-ring (bicyclic) bond motifs is 1. The van der Waals surface area contributed by atoms with Gasteiger partial charge in [0.05, 0.1) is 20.0 Å². The van der Waals surface area contributed by atoms with Gasteiger partial charge in [-0.3, -0.25) is 4.79 Å². The topological polar surface area (TPSA) is 90.6 Å². The molecule has 0 bridgehead atoms. The summed E-state index contributed by atoms with van der Waals surface area (Å²) in [6.07, 6.45) is 0.792. The summed E-state index contributed by atoms with van der Waals surface area (Å²) < 4.78 is 10.7. The van der Waals surface area contributed by atoms with Gasteiger partial charge in [-0.1, -0.05) is 11.8 Å². The number of aromatic nitrogens is 2. The lowest BCUT2D eigenvalue weighted by Gasteiger charge is -2.29. The lowest BCUT2D eigenvalue weighted by Crippen LogP contribution is -2.37. The molecule has 2 aromatic rings. The van der Waals surface area contributed by atoms with Crippen LogP contribution < -0.4 is 15.2 Å². The number of amides is 1. The Balaban J connectivity index is 1.67. The van der Waals surface area contributed by atoms with Gasteiger partial charge in [-0.05, 0) is 36.6 Å². The van der Waals surface area contributed by atoms with Crippen molar-refractivity contribution in [1.29, 1.82) is 0 Å². The van der Waals surface area contributed by atoms with E-state index in [1.807, 2.05) is 24.0 Å². The minimum atomic E-state index is 0.0547. The molecule has 0 saturated heterocycles. The number of ether oxygens (including phenoxy) is 2. The molecule has 0 fully saturated rings. The largest absolute Gasteiger partial charge is 0.493 e. The molecule has 0 radical (unpaired) electrons. The number of thioether (sulfide) groups is 1. The summed E-state index contributed by atoms with van der Waals surface area (Å²) >= 11 is 1.31. The van der Waals surface area contributed by atoms with E-state index in [9.17, 15) is 4.79 Å². The summed E-state index contributed by atoms with van der Waals surface area (Å²) in [5.41, 5.74) is 8.80. The van der Waals surface area contributed by atoms with Crippen LogP contribution in [0.25, 0.3) is 0 Å². The van der Waals surface area contributed by atoms with Crippen LogP contribution in [0.1, 0.15) is 16.8 Å². The van der Waals surface area contributed by atoms with Crippen molar-refractivity contribution in [3.05, 3.63) is 35.0 Å². The number of methoxy groups -OCH3 is 2. The van der Waals surface area contributed by atoms with Gasteiger partial charge >= 0.3 is 0 Å². The molecule has 1 aliphatic heterocycles. The van der Waals surface area contributed by atoms with Gasteiger partial charge in [-0.25, -0.2) is 9.97 Å². The summed E-state index contributed by atoms with van der Waals surface area (Å²) in [4.78, 5) is 22.9. The zero-order valence-corrected chi connectivity index (χ0v) is 15.9. The van der Waals surface area contributed by atoms with Gasteiger partial charge in [0.1, 0.15) is 5.82 Å². The monoisotopic (exact) mass is 374 g/mol. The van der Waals surface area contributed by atoms with Gasteiger partial charge in [0.15, 0.2) is 16.7 Å². The van der Waals surface area contributed by atoms with Crippen LogP contribution in [0, 0.1) is 6.92 Å². The minimum Gasteiger partial charge on any atom is -0.493 e. The first-order chi connectivity index (χ1) is 12.5. The van der Waals surface area contributed by atoms with Gasteiger partial charge < -0.3 is 20.1 Å². The molecule has 3 rings (SSSR count). The Labute approximate surface area is 156 Å². The van der Waals surface area contributed by atoms with E-state index in [0.717, 1.165) is 23.4 Å². The molecule has 26 heavy (non-hydrogen) atoms. The summed E-state index contributed by atoms with van der Waals surface area (Å²) in [7, 11) is 3.24. The number of anilines is 1. The lowest BCUT2D eigenvalue weighted by molar-refractivity contribution is -0.129. The van der Waals surface area contributed by atoms with Crippen LogP contribution in [0.2, 0.25) is 0 Å². The van der Waals surface area contributed by atoms with Crippen molar-refractivity contribution in [2.75, 3.05) is 32.3 Å². The van der Waals surface area contributed by atoms with Crippen LogP contribution in [0.4, 0.5) is 5.82 Å². The van der Waals surface area contributed by atoms with E-state index in [4.69, 9.17) is 15.2 Å². The van der Waals surface area contributed by atoms with Crippen LogP contribution >= 0.6 is 11.8 Å². The predicted molar refractivity (Wildman–Crippen MR) is 101 cm³/mol. The van der Waals surface area contributed by atoms with Crippen molar-refractivity contribution in [2.45, 2.75) is 25.0 Å². The molecule has 8 heteroatoms. The molecule has 1 aromatic carbocycles. The fourth-order valence-electron chi connectivity index (χ4n) is 2.94. The molecule has 1 aliphatic rings. The number of benzene rings is 1. The second-order valence-corrected chi connectivity index (χ2v) is 6.99. The van der Waals surface area contributed by atoms with Crippen LogP contribution in [-0.4, -0.2) is 47.3 Å². The van der Waals surface area contributed by atoms with Gasteiger partial charge in [0.25, 0.3) is 0 Å². The standard InChI is InChI=1S/C18H22N4O3S/c1-11-6-16(19)21-18(20-11)26-10-17(23)22-5-4-12-7-14(24-2)15(25-3)8-13(12)9-22/h6-8H,4-5,9-10H2,1-3H3,(H2,19,20,21). The highest BCUT2D eigenvalue weighted by Crippen LogP contribution is 2.33. The predicted octanol–water partition coefficient (Wildman–Crippen LogP) is 2.06. The first kappa shape index (κ1) is 18.3. The number of nitrogens with zero attached hydrogens (tertiary/aromatic N) is 3. The molecule has 0 atom stereocenters. The van der Waals surface area contributed by atoms with E-state index in [0.29, 0.717) is 29.8 Å². The average molecular weight is 374 g/mol. The van der Waals surface area contributed by atoms with Gasteiger partial charge in [-0.2, -0.15) is 0 Å². The van der Waals surface area contributed by atoms with Crippen LogP contribution in [0.3, 0.4) is 0 Å². The number of aryl methyl sites for hydroxylation is 1. The van der Waals surface area contributed by atoms with Gasteiger partial charge in [0, 0.05) is 24.8 Å². The van der Waals surface area contributed by atoms with E-state index >= 15 is 0 Å². The fourth-order valence-corrected chi connectivity index (χ4v) is 3.76. The second-order valence-electron chi connectivity index (χ2n) is 6.05. The minimum absolute atomic E-state index is 0.0547. The highest BCUT2D eigenvalue weighted by Gasteiger charge is 2.23. The number of hydrogen-bond acceptors (Lipinski definition) is 7. The summed E-state index contributed by atoms with van der Waals surface area (Å²) in [6, 6.07) is 5.65. The maximum absolute atomic E-state index is 12.6. The Morgan fingerprint density at radius 1 is 1.19 bits per heavy atom. The van der Waals surface area contributed by atoms with Crippen molar-refractivity contribution >= 4 is 23.5 Å². The molecule has 138 valence electrons. The molecule has 0 spiro atoms. The maximum atomic E-state index is 12.6. The third kappa shape index (κ3) is 4.01. The molecular formula is C18H22N4O3S. The number of nitrogen functional groups attached to an aromatic ring is 1. The third-order valence-electron chi connectivity index (χ3n) is 4.25. The number of carbonyl (C=O) groups is 1. The van der Waals surface area contributed by atoms with E-state index in [-0.39, 0.29) is 11.7 Å². The Bertz CT molecular complexity index is 808. The number of nitrogens with two attached hydrogens (primary N) is 1. The molecule has 2 N–H and O–H groups in total. The van der Waals surface area contributed by atoms with Crippen molar-refractivity contribution in [3.8, 4) is 11.5 Å². The normalized spacial score (nSPS) is 13.3. The van der Waals surface area contributed by atoms with E-state index in [2.05, 4.69) is 9.97 Å². The first-order valence-corrected chi connectivity index (χ1v) is 9.24. The molecule has 1 amide bonds. The molecule has 7 nitrogen and oxygen atoms in total. The molecule has 0 unspecified atom stereocenters. The summed E-state index contributed by atoms with van der Waals surface area (Å²) in [6.45, 7) is 3.09. The molecule has 1 aromatic heterocycles. The Kier molecular flexibility index (Phi) is 5.51. The van der Waals surface area contributed by atoms with Crippen LogP contribution in [-0.2, 0) is 17.8 Å². The Morgan fingerprint density at radius 2 is 1.88 bits per heavy atom. The van der Waals surface area contributed by atoms with Crippen LogP contribution in [0.15, 0.2) is 23.4 Å². The van der Waals surface area contributed by atoms with Crippen molar-refractivity contribution < 1.29 is 14.3 Å². The SMILES string of the molecule is COc1cc2c(cc1OC)CN(C(=O)CSc1nc(C)cc(N)n1)CC2. The molecular weight excluding hydrogens is 352 g/mol. The number of rotatable bonds is 5. The van der Waals surface area contributed by atoms with Crippen LogP contribution in [0.5, 0.6) is 11.5 Å². The Hall–Kier alpha value is -2.48. The quantitative estimate of drug-likeness (QED) is 0.633. The van der Waals surface area contributed by atoms with Gasteiger partial charge in [-0.15, -0.1) is 0 Å². The third-order valence-corrected chi connectivity index (χ3v) is 5.08. The van der Waals surface area contributed by atoms with Crippen molar-refractivity contribution in [1.82, 2.24) is 14.9 Å². The maximum Gasteiger partial charge on any atom is 0.233 e. The fraction of sp³-hybridized carbons (Fsp3) is 0.389. The zero-order valence-electron chi connectivity index (χ0n) is 15.1. The second kappa shape index (κ2) is 7.82. The number of carbonyl (C=O) groups excluding carboxylic acids is 1.